The van der Waals surface area contributed by atoms with Crippen LogP contribution < -0.4 is 5.32 Å². The molecular formula is C6H9NO2. The van der Waals surface area contributed by atoms with Crippen LogP contribution in [0.25, 0.3) is 0 Å². The van der Waals surface area contributed by atoms with Crippen molar-refractivity contribution in [1.82, 2.24) is 5.32 Å². The number of carbonyl (C=O) groups excluding carboxylic acids is 1. The zero-order chi connectivity index (χ0) is 7.28. The van der Waals surface area contributed by atoms with E-state index >= 15 is 0 Å². The third-order valence-corrected chi connectivity index (χ3v) is 0.694. The minimum Gasteiger partial charge on any atom is -0.453 e. The van der Waals surface area contributed by atoms with Gasteiger partial charge in [0, 0.05) is 5.70 Å². The normalized spacial score (nSPS) is 7.67. The number of alkyl carbamates (subject to hydrolysis) is 1. The highest BCUT2D eigenvalue weighted by Gasteiger charge is 1.95. The summed E-state index contributed by atoms with van der Waals surface area (Å²) in [7, 11) is 1.28. The number of nitrogens with one attached hydrogen (secondary N) is 1. The lowest BCUT2D eigenvalue weighted by Crippen LogP contribution is -2.20. The average Bonchev–Trinajstić information content (AvgIpc) is 1.87. The molecule has 1 N–H and O–H groups in total. The Morgan fingerprint density at radius 2 is 2.33 bits per heavy atom. The second-order valence-electron chi connectivity index (χ2n) is 1.35. The van der Waals surface area contributed by atoms with E-state index in [9.17, 15) is 4.79 Å². The third-order valence-electron chi connectivity index (χ3n) is 0.694. The molecular weight excluding hydrogens is 118 g/mol. The van der Waals surface area contributed by atoms with Gasteiger partial charge in [0.05, 0.1) is 7.11 Å². The predicted molar refractivity (Wildman–Crippen MR) is 34.9 cm³/mol. The first-order valence-electron chi connectivity index (χ1n) is 2.37. The molecule has 3 heteroatoms. The molecule has 0 aromatic heterocycles. The van der Waals surface area contributed by atoms with Crippen molar-refractivity contribution >= 4 is 6.09 Å². The first-order chi connectivity index (χ1) is 4.20. The largest absolute Gasteiger partial charge is 0.453 e. The van der Waals surface area contributed by atoms with E-state index in [1.165, 1.54) is 13.2 Å². The van der Waals surface area contributed by atoms with E-state index in [-0.39, 0.29) is 0 Å². The van der Waals surface area contributed by atoms with Crippen LogP contribution in [-0.2, 0) is 4.74 Å². The average molecular weight is 127 g/mol. The summed E-state index contributed by atoms with van der Waals surface area (Å²) >= 11 is 0. The van der Waals surface area contributed by atoms with Gasteiger partial charge in [-0.15, -0.1) is 0 Å². The molecule has 1 amide bonds. The molecule has 0 aliphatic heterocycles. The molecule has 0 saturated carbocycles. The van der Waals surface area contributed by atoms with Crippen molar-refractivity contribution < 1.29 is 9.53 Å². The van der Waals surface area contributed by atoms with Gasteiger partial charge >= 0.3 is 6.09 Å². The number of hydrogen-bond donors (Lipinski definition) is 1. The first-order valence-corrected chi connectivity index (χ1v) is 2.37. The van der Waals surface area contributed by atoms with Gasteiger partial charge in [-0.3, -0.25) is 5.32 Å². The highest BCUT2D eigenvalue weighted by Crippen LogP contribution is 1.83. The Kier molecular flexibility index (Phi) is 3.20. The van der Waals surface area contributed by atoms with E-state index in [1.807, 2.05) is 0 Å². The Morgan fingerprint density at radius 3 is 2.67 bits per heavy atom. The number of methoxy groups -OCH3 is 1. The van der Waals surface area contributed by atoms with Crippen molar-refractivity contribution in [1.29, 1.82) is 0 Å². The summed E-state index contributed by atoms with van der Waals surface area (Å²) in [5.41, 5.74) is 0.432. The lowest BCUT2D eigenvalue weighted by Gasteiger charge is -1.99. The van der Waals surface area contributed by atoms with E-state index in [0.717, 1.165) is 0 Å². The van der Waals surface area contributed by atoms with Crippen molar-refractivity contribution in [3.63, 3.8) is 0 Å². The van der Waals surface area contributed by atoms with Gasteiger partial charge in [0.1, 0.15) is 0 Å². The Bertz CT molecular complexity index is 140. The van der Waals surface area contributed by atoms with E-state index in [4.69, 9.17) is 0 Å². The number of allylic oxidation sites excluding steroid dienone is 1. The molecule has 0 aromatic carbocycles. The van der Waals surface area contributed by atoms with Gasteiger partial charge in [-0.25, -0.2) is 4.79 Å². The quantitative estimate of drug-likeness (QED) is 0.563. The number of amides is 1. The monoisotopic (exact) mass is 127 g/mol. The maximum absolute atomic E-state index is 10.3. The third kappa shape index (κ3) is 3.34. The zero-order valence-electron chi connectivity index (χ0n) is 5.31. The summed E-state index contributed by atoms with van der Waals surface area (Å²) in [5.74, 6) is 0. The van der Waals surface area contributed by atoms with Crippen LogP contribution in [-0.4, -0.2) is 13.2 Å². The molecule has 0 unspecified atom stereocenters. The van der Waals surface area contributed by atoms with Gasteiger partial charge in [0.25, 0.3) is 0 Å². The van der Waals surface area contributed by atoms with Crippen molar-refractivity contribution in [3.8, 4) is 0 Å². The number of rotatable bonds is 2. The molecule has 0 spiro atoms. The number of ether oxygens (including phenoxy) is 1. The van der Waals surface area contributed by atoms with Crippen LogP contribution in [0.4, 0.5) is 4.79 Å². The molecule has 0 fully saturated rings. The lowest BCUT2D eigenvalue weighted by molar-refractivity contribution is 0.174. The van der Waals surface area contributed by atoms with Gasteiger partial charge in [-0.1, -0.05) is 13.2 Å². The molecule has 0 atom stereocenters. The molecule has 0 aliphatic carbocycles. The van der Waals surface area contributed by atoms with E-state index in [1.54, 1.807) is 0 Å². The maximum Gasteiger partial charge on any atom is 0.411 e. The van der Waals surface area contributed by atoms with Crippen LogP contribution in [0.1, 0.15) is 0 Å². The van der Waals surface area contributed by atoms with Crippen LogP contribution >= 0.6 is 0 Å². The van der Waals surface area contributed by atoms with Gasteiger partial charge in [0.15, 0.2) is 0 Å². The maximum atomic E-state index is 10.3. The first kappa shape index (κ1) is 7.75. The lowest BCUT2D eigenvalue weighted by atomic mass is 10.5. The summed E-state index contributed by atoms with van der Waals surface area (Å²) < 4.78 is 4.26. The summed E-state index contributed by atoms with van der Waals surface area (Å²) in [6.07, 6.45) is 0.900. The highest BCUT2D eigenvalue weighted by molar-refractivity contribution is 5.69. The smallest absolute Gasteiger partial charge is 0.411 e. The molecule has 0 radical (unpaired) electrons. The minimum absolute atomic E-state index is 0.432. The summed E-state index contributed by atoms with van der Waals surface area (Å²) in [6, 6.07) is 0. The molecule has 0 aliphatic rings. The van der Waals surface area contributed by atoms with Crippen LogP contribution in [0.5, 0.6) is 0 Å². The highest BCUT2D eigenvalue weighted by atomic mass is 16.5. The fraction of sp³-hybridized carbons (Fsp3) is 0.167. The van der Waals surface area contributed by atoms with E-state index in [2.05, 4.69) is 23.2 Å². The molecule has 9 heavy (non-hydrogen) atoms. The van der Waals surface area contributed by atoms with Crippen LogP contribution in [0.15, 0.2) is 24.9 Å². The zero-order valence-corrected chi connectivity index (χ0v) is 5.31. The van der Waals surface area contributed by atoms with Gasteiger partial charge in [-0.2, -0.15) is 0 Å². The Hall–Kier alpha value is -1.25. The molecule has 0 aromatic rings. The van der Waals surface area contributed by atoms with Crippen molar-refractivity contribution in [2.75, 3.05) is 7.11 Å². The number of hydrogen-bond acceptors (Lipinski definition) is 2. The second-order valence-corrected chi connectivity index (χ2v) is 1.35. The topological polar surface area (TPSA) is 38.3 Å². The standard InChI is InChI=1S/C6H9NO2/c1-4-5(2)7-6(8)9-3/h4H,1-2H2,3H3,(H,7,8). The fourth-order valence-corrected chi connectivity index (χ4v) is 0.233. The van der Waals surface area contributed by atoms with Crippen LogP contribution in [0.2, 0.25) is 0 Å². The Morgan fingerprint density at radius 1 is 1.78 bits per heavy atom. The van der Waals surface area contributed by atoms with Crippen molar-refractivity contribution in [2.45, 2.75) is 0 Å². The molecule has 0 heterocycles. The van der Waals surface area contributed by atoms with Crippen LogP contribution in [0, 0.1) is 0 Å². The van der Waals surface area contributed by atoms with E-state index < -0.39 is 6.09 Å². The SMILES string of the molecule is C=CC(=C)NC(=O)OC. The summed E-state index contributed by atoms with van der Waals surface area (Å²) in [4.78, 5) is 10.3. The molecule has 50 valence electrons. The second kappa shape index (κ2) is 3.72. The minimum atomic E-state index is -0.528. The molecule has 0 rings (SSSR count). The van der Waals surface area contributed by atoms with Crippen molar-refractivity contribution in [3.05, 3.63) is 24.9 Å². The Labute approximate surface area is 54.0 Å². The molecule has 0 bridgehead atoms. The Balaban J connectivity index is 3.59. The van der Waals surface area contributed by atoms with Gasteiger partial charge in [0.2, 0.25) is 0 Å². The van der Waals surface area contributed by atoms with Gasteiger partial charge in [-0.05, 0) is 6.08 Å². The van der Waals surface area contributed by atoms with Crippen molar-refractivity contribution in [2.24, 2.45) is 0 Å². The van der Waals surface area contributed by atoms with Gasteiger partial charge < -0.3 is 4.74 Å². The predicted octanol–water partition coefficient (Wildman–Crippen LogP) is 1.04. The summed E-state index contributed by atoms with van der Waals surface area (Å²) in [6.45, 7) is 6.81. The molecule has 0 saturated heterocycles. The summed E-state index contributed by atoms with van der Waals surface area (Å²) in [5, 5.41) is 2.31. The fourth-order valence-electron chi connectivity index (χ4n) is 0.233. The molecule has 3 nitrogen and oxygen atoms in total. The van der Waals surface area contributed by atoms with Crippen LogP contribution in [0.3, 0.4) is 0 Å². The number of carbonyl (C=O) groups is 1. The van der Waals surface area contributed by atoms with E-state index in [0.29, 0.717) is 5.70 Å².